The van der Waals surface area contributed by atoms with Gasteiger partial charge in [0, 0.05) is 6.21 Å². The van der Waals surface area contributed by atoms with Gasteiger partial charge in [-0.3, -0.25) is 4.79 Å². The molecule has 0 aliphatic heterocycles. The highest BCUT2D eigenvalue weighted by molar-refractivity contribution is 5.78. The molecule has 0 saturated carbocycles. The van der Waals surface area contributed by atoms with Crippen LogP contribution in [0.3, 0.4) is 0 Å². The van der Waals surface area contributed by atoms with Crippen molar-refractivity contribution in [2.75, 3.05) is 0 Å². The molecule has 1 aromatic carbocycles. The first kappa shape index (κ1) is 9.45. The summed E-state index contributed by atoms with van der Waals surface area (Å²) in [5.41, 5.74) is 3.40. The summed E-state index contributed by atoms with van der Waals surface area (Å²) in [6.45, 7) is 1.75. The summed E-state index contributed by atoms with van der Waals surface area (Å²) in [4.78, 5) is 11.1. The molecule has 0 aromatic heterocycles. The van der Waals surface area contributed by atoms with Gasteiger partial charge in [0.2, 0.25) is 5.91 Å². The molecule has 0 aliphatic rings. The zero-order valence-electron chi connectivity index (χ0n) is 7.53. The van der Waals surface area contributed by atoms with Crippen LogP contribution in [0.15, 0.2) is 35.4 Å². The SMILES string of the molecule is CC=NNC(=O)Cc1ccccc1. The molecular formula is C10H12N2O. The van der Waals surface area contributed by atoms with E-state index in [0.29, 0.717) is 6.42 Å². The second kappa shape index (κ2) is 5.09. The van der Waals surface area contributed by atoms with E-state index in [4.69, 9.17) is 0 Å². The predicted molar refractivity (Wildman–Crippen MR) is 52.5 cm³/mol. The Morgan fingerprint density at radius 3 is 2.77 bits per heavy atom. The van der Waals surface area contributed by atoms with Crippen molar-refractivity contribution in [1.29, 1.82) is 0 Å². The standard InChI is InChI=1S/C10H12N2O/c1-2-11-12-10(13)8-9-6-4-3-5-7-9/h2-7H,8H2,1H3,(H,12,13). The molecule has 68 valence electrons. The third-order valence-corrected chi connectivity index (χ3v) is 1.53. The molecule has 0 aliphatic carbocycles. The van der Waals surface area contributed by atoms with Crippen LogP contribution in [-0.4, -0.2) is 12.1 Å². The summed E-state index contributed by atoms with van der Waals surface area (Å²) in [5, 5.41) is 3.64. The molecule has 3 nitrogen and oxygen atoms in total. The minimum absolute atomic E-state index is 0.0932. The first-order valence-electron chi connectivity index (χ1n) is 4.13. The van der Waals surface area contributed by atoms with Crippen LogP contribution in [0.25, 0.3) is 0 Å². The summed E-state index contributed by atoms with van der Waals surface area (Å²) in [6.07, 6.45) is 1.92. The van der Waals surface area contributed by atoms with E-state index in [1.54, 1.807) is 13.1 Å². The second-order valence-corrected chi connectivity index (χ2v) is 2.58. The van der Waals surface area contributed by atoms with Crippen molar-refractivity contribution < 1.29 is 4.79 Å². The van der Waals surface area contributed by atoms with E-state index in [1.165, 1.54) is 0 Å². The molecule has 3 heteroatoms. The number of hydrazone groups is 1. The van der Waals surface area contributed by atoms with Crippen molar-refractivity contribution >= 4 is 12.1 Å². The fourth-order valence-electron chi connectivity index (χ4n) is 0.957. The van der Waals surface area contributed by atoms with Gasteiger partial charge in [0.25, 0.3) is 0 Å². The molecular weight excluding hydrogens is 164 g/mol. The van der Waals surface area contributed by atoms with E-state index < -0.39 is 0 Å². The van der Waals surface area contributed by atoms with Gasteiger partial charge in [-0.2, -0.15) is 5.10 Å². The topological polar surface area (TPSA) is 41.5 Å². The zero-order chi connectivity index (χ0) is 9.52. The monoisotopic (exact) mass is 176 g/mol. The van der Waals surface area contributed by atoms with Gasteiger partial charge in [-0.1, -0.05) is 30.3 Å². The summed E-state index contributed by atoms with van der Waals surface area (Å²) < 4.78 is 0. The van der Waals surface area contributed by atoms with Crippen LogP contribution >= 0.6 is 0 Å². The lowest BCUT2D eigenvalue weighted by Gasteiger charge is -1.98. The van der Waals surface area contributed by atoms with Gasteiger partial charge in [0.05, 0.1) is 6.42 Å². The van der Waals surface area contributed by atoms with Crippen LogP contribution in [0.1, 0.15) is 12.5 Å². The molecule has 0 saturated heterocycles. The van der Waals surface area contributed by atoms with Crippen molar-refractivity contribution in [3.8, 4) is 0 Å². The van der Waals surface area contributed by atoms with Gasteiger partial charge in [0.15, 0.2) is 0 Å². The first-order valence-corrected chi connectivity index (χ1v) is 4.13. The molecule has 1 aromatic rings. The number of carbonyl (C=O) groups is 1. The van der Waals surface area contributed by atoms with E-state index in [-0.39, 0.29) is 5.91 Å². The van der Waals surface area contributed by atoms with E-state index in [2.05, 4.69) is 10.5 Å². The Labute approximate surface area is 77.5 Å². The normalized spacial score (nSPS) is 10.2. The van der Waals surface area contributed by atoms with Crippen LogP contribution in [0, 0.1) is 0 Å². The lowest BCUT2D eigenvalue weighted by atomic mass is 10.1. The Balaban J connectivity index is 2.46. The number of hydrogen-bond donors (Lipinski definition) is 1. The Kier molecular flexibility index (Phi) is 3.70. The maximum Gasteiger partial charge on any atom is 0.244 e. The van der Waals surface area contributed by atoms with Crippen molar-refractivity contribution in [2.45, 2.75) is 13.3 Å². The molecule has 0 spiro atoms. The maximum absolute atomic E-state index is 11.1. The van der Waals surface area contributed by atoms with Gasteiger partial charge in [-0.25, -0.2) is 5.43 Å². The summed E-state index contributed by atoms with van der Waals surface area (Å²) >= 11 is 0. The molecule has 1 rings (SSSR count). The molecule has 0 bridgehead atoms. The van der Waals surface area contributed by atoms with Crippen LogP contribution in [0.4, 0.5) is 0 Å². The van der Waals surface area contributed by atoms with Gasteiger partial charge in [0.1, 0.15) is 0 Å². The quantitative estimate of drug-likeness (QED) is 0.548. The fourth-order valence-corrected chi connectivity index (χ4v) is 0.957. The van der Waals surface area contributed by atoms with Crippen LogP contribution in [0.5, 0.6) is 0 Å². The summed E-state index contributed by atoms with van der Waals surface area (Å²) in [6, 6.07) is 9.56. The molecule has 0 fully saturated rings. The summed E-state index contributed by atoms with van der Waals surface area (Å²) in [5.74, 6) is -0.0932. The maximum atomic E-state index is 11.1. The smallest absolute Gasteiger partial charge is 0.244 e. The van der Waals surface area contributed by atoms with E-state index >= 15 is 0 Å². The highest BCUT2D eigenvalue weighted by Crippen LogP contribution is 1.98. The molecule has 1 amide bonds. The minimum Gasteiger partial charge on any atom is -0.273 e. The molecule has 0 unspecified atom stereocenters. The predicted octanol–water partition coefficient (Wildman–Crippen LogP) is 1.35. The highest BCUT2D eigenvalue weighted by atomic mass is 16.2. The Morgan fingerprint density at radius 1 is 1.46 bits per heavy atom. The van der Waals surface area contributed by atoms with E-state index in [9.17, 15) is 4.79 Å². The highest BCUT2D eigenvalue weighted by Gasteiger charge is 1.99. The molecule has 0 atom stereocenters. The molecule has 13 heavy (non-hydrogen) atoms. The largest absolute Gasteiger partial charge is 0.273 e. The first-order chi connectivity index (χ1) is 6.33. The number of benzene rings is 1. The van der Waals surface area contributed by atoms with Crippen LogP contribution < -0.4 is 5.43 Å². The average Bonchev–Trinajstić information content (AvgIpc) is 2.16. The zero-order valence-corrected chi connectivity index (χ0v) is 7.53. The lowest BCUT2D eigenvalue weighted by Crippen LogP contribution is -2.19. The fraction of sp³-hybridized carbons (Fsp3) is 0.200. The molecule has 1 N–H and O–H groups in total. The van der Waals surface area contributed by atoms with Crippen molar-refractivity contribution in [3.63, 3.8) is 0 Å². The third kappa shape index (κ3) is 3.51. The van der Waals surface area contributed by atoms with Crippen molar-refractivity contribution in [3.05, 3.63) is 35.9 Å². The average molecular weight is 176 g/mol. The Morgan fingerprint density at radius 2 is 2.15 bits per heavy atom. The minimum atomic E-state index is -0.0932. The van der Waals surface area contributed by atoms with Crippen LogP contribution in [-0.2, 0) is 11.2 Å². The Bertz CT molecular complexity index is 293. The number of rotatable bonds is 3. The van der Waals surface area contributed by atoms with E-state index in [0.717, 1.165) is 5.56 Å². The van der Waals surface area contributed by atoms with Gasteiger partial charge in [-0.05, 0) is 12.5 Å². The number of amides is 1. The lowest BCUT2D eigenvalue weighted by molar-refractivity contribution is -0.120. The number of carbonyl (C=O) groups excluding carboxylic acids is 1. The van der Waals surface area contributed by atoms with Gasteiger partial charge in [-0.15, -0.1) is 0 Å². The third-order valence-electron chi connectivity index (χ3n) is 1.53. The van der Waals surface area contributed by atoms with Crippen molar-refractivity contribution in [1.82, 2.24) is 5.43 Å². The number of nitrogens with zero attached hydrogens (tertiary/aromatic N) is 1. The van der Waals surface area contributed by atoms with Gasteiger partial charge >= 0.3 is 0 Å². The second-order valence-electron chi connectivity index (χ2n) is 2.58. The number of hydrogen-bond acceptors (Lipinski definition) is 2. The number of nitrogens with one attached hydrogen (secondary N) is 1. The molecule has 0 heterocycles. The van der Waals surface area contributed by atoms with Crippen molar-refractivity contribution in [2.24, 2.45) is 5.10 Å². The van der Waals surface area contributed by atoms with E-state index in [1.807, 2.05) is 30.3 Å². The van der Waals surface area contributed by atoms with Crippen LogP contribution in [0.2, 0.25) is 0 Å². The summed E-state index contributed by atoms with van der Waals surface area (Å²) in [7, 11) is 0. The molecule has 0 radical (unpaired) electrons. The van der Waals surface area contributed by atoms with Gasteiger partial charge < -0.3 is 0 Å². The Hall–Kier alpha value is -1.64.